The molecule has 0 rings (SSSR count). The summed E-state index contributed by atoms with van der Waals surface area (Å²) in [7, 11) is 1.51. The Balaban J connectivity index is 4.97. The molecule has 0 aromatic carbocycles. The summed E-state index contributed by atoms with van der Waals surface area (Å²) >= 11 is 0. The lowest BCUT2D eigenvalue weighted by atomic mass is 10.0. The highest BCUT2D eigenvalue weighted by molar-refractivity contribution is 7.47. The Kier molecular flexibility index (Phi) is 59.5. The second-order valence-corrected chi connectivity index (χ2v) is 26.5. The molecule has 0 aliphatic carbocycles. The van der Waals surface area contributed by atoms with E-state index in [1.165, 1.54) is 244 Å². The van der Waals surface area contributed by atoms with E-state index in [1.54, 1.807) is 0 Å². The van der Waals surface area contributed by atoms with Crippen LogP contribution in [0, 0.1) is 0 Å². The van der Waals surface area contributed by atoms with Gasteiger partial charge in [-0.3, -0.25) is 18.6 Å². The van der Waals surface area contributed by atoms with E-state index in [9.17, 15) is 19.0 Å². The van der Waals surface area contributed by atoms with Crippen LogP contribution < -0.4 is 5.32 Å². The van der Waals surface area contributed by atoms with Crippen LogP contribution in [0.5, 0.6) is 0 Å². The first kappa shape index (κ1) is 79.0. The fourth-order valence-electron chi connectivity index (χ4n) is 10.3. The molecular weight excluding hydrogens is 1020 g/mol. The number of ether oxygens (including phenoxy) is 1. The van der Waals surface area contributed by atoms with Crippen LogP contribution in [-0.2, 0) is 27.9 Å². The number of phosphoric acid groups is 1. The number of esters is 1. The fraction of sp³-hybridized carbons (Fsp3) is 0.859. The van der Waals surface area contributed by atoms with E-state index in [4.69, 9.17) is 13.8 Å². The number of rotatable bonds is 64. The van der Waals surface area contributed by atoms with Crippen molar-refractivity contribution >= 4 is 19.7 Å². The van der Waals surface area contributed by atoms with Crippen molar-refractivity contribution in [1.29, 1.82) is 0 Å². The molecule has 1 amide bonds. The van der Waals surface area contributed by atoms with E-state index in [0.29, 0.717) is 17.4 Å². The van der Waals surface area contributed by atoms with Crippen molar-refractivity contribution in [2.45, 2.75) is 354 Å². The first-order chi connectivity index (χ1) is 39.4. The van der Waals surface area contributed by atoms with Crippen LogP contribution in [0.3, 0.4) is 0 Å². The van der Waals surface area contributed by atoms with Crippen molar-refractivity contribution in [2.75, 3.05) is 40.9 Å². The van der Waals surface area contributed by atoms with Gasteiger partial charge < -0.3 is 19.4 Å². The standard InChI is InChI=1S/C71H135N2O7P/c1-7-10-13-16-19-22-25-27-29-31-32-33-34-35-36-37-38-39-40-42-43-45-48-51-54-57-60-63-70(74)72-68(67-79-81(76,77)78-66-65-73(4,5)6)69(62-59-56-53-50-47-24-21-18-15-12-9-3)80-71(75)64-61-58-55-52-49-46-44-41-30-28-26-23-20-17-14-11-8-2/h19,22,27-30,59,62,68-69H,7-18,20-21,23-26,31-58,60-61,63-67H2,1-6H3,(H-,72,74,76,77)/p+1/b22-19-,29-27-,30-28+,62-59-. The van der Waals surface area contributed by atoms with Gasteiger partial charge in [-0.25, -0.2) is 4.57 Å². The molecule has 476 valence electrons. The molecule has 9 nitrogen and oxygen atoms in total. The summed E-state index contributed by atoms with van der Waals surface area (Å²) in [5.41, 5.74) is 0. The second kappa shape index (κ2) is 61.1. The monoisotopic (exact) mass is 1160 g/mol. The first-order valence-corrected chi connectivity index (χ1v) is 36.5. The van der Waals surface area contributed by atoms with E-state index < -0.39 is 20.0 Å². The fourth-order valence-corrected chi connectivity index (χ4v) is 11.1. The number of hydrogen-bond acceptors (Lipinski definition) is 6. The molecule has 0 aromatic rings. The number of quaternary nitrogens is 1. The van der Waals surface area contributed by atoms with Crippen molar-refractivity contribution in [1.82, 2.24) is 5.32 Å². The minimum absolute atomic E-state index is 0.0411. The molecule has 0 bridgehead atoms. The van der Waals surface area contributed by atoms with Gasteiger partial charge in [0.2, 0.25) is 5.91 Å². The van der Waals surface area contributed by atoms with Crippen LogP contribution in [0.15, 0.2) is 48.6 Å². The highest BCUT2D eigenvalue weighted by atomic mass is 31.2. The molecule has 0 aliphatic rings. The maximum Gasteiger partial charge on any atom is 0.472 e. The lowest BCUT2D eigenvalue weighted by Gasteiger charge is -2.27. The van der Waals surface area contributed by atoms with Crippen molar-refractivity contribution in [3.63, 3.8) is 0 Å². The number of hydrogen-bond donors (Lipinski definition) is 2. The Morgan fingerprint density at radius 2 is 0.753 bits per heavy atom. The summed E-state index contributed by atoms with van der Waals surface area (Å²) in [4.78, 5) is 37.8. The van der Waals surface area contributed by atoms with E-state index in [-0.39, 0.29) is 31.5 Å². The van der Waals surface area contributed by atoms with E-state index in [2.05, 4.69) is 62.5 Å². The maximum atomic E-state index is 13.6. The highest BCUT2D eigenvalue weighted by Gasteiger charge is 2.30. The van der Waals surface area contributed by atoms with Crippen LogP contribution in [0.4, 0.5) is 0 Å². The summed E-state index contributed by atoms with van der Waals surface area (Å²) < 4.78 is 30.8. The molecule has 0 saturated carbocycles. The lowest BCUT2D eigenvalue weighted by molar-refractivity contribution is -0.870. The summed E-state index contributed by atoms with van der Waals surface area (Å²) in [6.45, 7) is 7.02. The van der Waals surface area contributed by atoms with Gasteiger partial charge in [0.25, 0.3) is 0 Å². The van der Waals surface area contributed by atoms with Gasteiger partial charge in [-0.2, -0.15) is 0 Å². The summed E-state index contributed by atoms with van der Waals surface area (Å²) in [5, 5.41) is 3.07. The molecule has 0 spiro atoms. The zero-order chi connectivity index (χ0) is 59.3. The topological polar surface area (TPSA) is 111 Å². The third-order valence-corrected chi connectivity index (χ3v) is 16.7. The van der Waals surface area contributed by atoms with Crippen molar-refractivity contribution in [3.05, 3.63) is 48.6 Å². The molecule has 0 radical (unpaired) electrons. The third kappa shape index (κ3) is 62.3. The number of allylic oxidation sites excluding steroid dienone is 7. The van der Waals surface area contributed by atoms with Crippen LogP contribution >= 0.6 is 7.82 Å². The smallest absolute Gasteiger partial charge is 0.456 e. The summed E-state index contributed by atoms with van der Waals surface area (Å²) in [6.07, 6.45) is 77.0. The van der Waals surface area contributed by atoms with Gasteiger partial charge in [0, 0.05) is 12.8 Å². The second-order valence-electron chi connectivity index (χ2n) is 25.0. The zero-order valence-corrected chi connectivity index (χ0v) is 55.4. The molecule has 0 saturated heterocycles. The average molecular weight is 1160 g/mol. The number of phosphoric ester groups is 1. The van der Waals surface area contributed by atoms with Crippen LogP contribution in [0.2, 0.25) is 0 Å². The number of carbonyl (C=O) groups excluding carboxylic acids is 2. The number of unbranched alkanes of at least 4 members (excludes halogenated alkanes) is 42. The molecule has 2 N–H and O–H groups in total. The van der Waals surface area contributed by atoms with Crippen LogP contribution in [0.25, 0.3) is 0 Å². The van der Waals surface area contributed by atoms with Gasteiger partial charge in [0.15, 0.2) is 0 Å². The molecule has 3 unspecified atom stereocenters. The van der Waals surface area contributed by atoms with Gasteiger partial charge in [-0.15, -0.1) is 0 Å². The number of likely N-dealkylation sites (N-methyl/N-ethyl adjacent to an activating group) is 1. The van der Waals surface area contributed by atoms with E-state index >= 15 is 0 Å². The Morgan fingerprint density at radius 3 is 1.15 bits per heavy atom. The third-order valence-electron chi connectivity index (χ3n) is 15.7. The number of amides is 1. The Hall–Kier alpha value is -2.03. The quantitative estimate of drug-likeness (QED) is 0.0205. The maximum absolute atomic E-state index is 13.6. The minimum Gasteiger partial charge on any atom is -0.456 e. The average Bonchev–Trinajstić information content (AvgIpc) is 3.43. The zero-order valence-electron chi connectivity index (χ0n) is 54.5. The lowest BCUT2D eigenvalue weighted by Crippen LogP contribution is -2.47. The van der Waals surface area contributed by atoms with E-state index in [0.717, 1.165) is 64.2 Å². The number of nitrogens with zero attached hydrogens (tertiary/aromatic N) is 1. The SMILES string of the molecule is CCCCC/C=C\C/C=C\CCCCCCCCCCCCCCCCCCCC(=O)NC(COP(=O)(O)OCC[N+](C)(C)C)C(/C=C\CCCCCCCCCCC)OC(=O)CCCCCCCCC/C=C/CCCCCCCC. The largest absolute Gasteiger partial charge is 0.472 e. The molecule has 0 aliphatic heterocycles. The Bertz CT molecular complexity index is 1520. The van der Waals surface area contributed by atoms with E-state index in [1.807, 2.05) is 33.3 Å². The van der Waals surface area contributed by atoms with Gasteiger partial charge in [0.05, 0.1) is 33.8 Å². The predicted molar refractivity (Wildman–Crippen MR) is 351 cm³/mol. The van der Waals surface area contributed by atoms with Gasteiger partial charge in [0.1, 0.15) is 19.3 Å². The molecular formula is C71H136N2O7P+. The summed E-state index contributed by atoms with van der Waals surface area (Å²) in [5.74, 6) is -0.496. The normalized spacial score (nSPS) is 13.8. The molecule has 3 atom stereocenters. The van der Waals surface area contributed by atoms with Gasteiger partial charge in [-0.05, 0) is 89.5 Å². The first-order valence-electron chi connectivity index (χ1n) is 35.0. The van der Waals surface area contributed by atoms with Gasteiger partial charge >= 0.3 is 13.8 Å². The number of carbonyl (C=O) groups is 2. The molecule has 81 heavy (non-hydrogen) atoms. The van der Waals surface area contributed by atoms with Crippen LogP contribution in [-0.4, -0.2) is 74.3 Å². The van der Waals surface area contributed by atoms with Crippen molar-refractivity contribution < 1.29 is 37.3 Å². The highest BCUT2D eigenvalue weighted by Crippen LogP contribution is 2.43. The van der Waals surface area contributed by atoms with Crippen molar-refractivity contribution in [2.24, 2.45) is 0 Å². The molecule has 10 heteroatoms. The molecule has 0 aromatic heterocycles. The number of nitrogens with one attached hydrogen (secondary N) is 1. The van der Waals surface area contributed by atoms with Crippen molar-refractivity contribution in [3.8, 4) is 0 Å². The molecule has 0 heterocycles. The van der Waals surface area contributed by atoms with Crippen LogP contribution in [0.1, 0.15) is 342 Å². The Labute approximate surface area is 503 Å². The molecule has 0 fully saturated rings. The minimum atomic E-state index is -4.45. The Morgan fingerprint density at radius 1 is 0.432 bits per heavy atom. The summed E-state index contributed by atoms with van der Waals surface area (Å²) in [6, 6.07) is -0.848. The predicted octanol–water partition coefficient (Wildman–Crippen LogP) is 22.0. The van der Waals surface area contributed by atoms with Gasteiger partial charge in [-0.1, -0.05) is 288 Å².